The number of imide groups is 1. The number of carboxylic acid groups (broad SMARTS) is 1. The molecule has 0 aromatic carbocycles. The average Bonchev–Trinajstić information content (AvgIpc) is 2.88. The first-order valence-electron chi connectivity index (χ1n) is 6.19. The van der Waals surface area contributed by atoms with Crippen molar-refractivity contribution in [2.45, 2.75) is 32.2 Å². The predicted molar refractivity (Wildman–Crippen MR) is 62.7 cm³/mol. The zero-order valence-corrected chi connectivity index (χ0v) is 10.7. The van der Waals surface area contributed by atoms with Crippen molar-refractivity contribution in [3.63, 3.8) is 0 Å². The van der Waals surface area contributed by atoms with Crippen LogP contribution in [0.15, 0.2) is 0 Å². The standard InChI is InChI=1S/C12H18N2O4/c1-3-12(11(17)18)4-5-14(7-12)8-6-9(15)13(2)10(8)16/h8H,3-7H2,1-2H3,(H,17,18). The Bertz CT molecular complexity index is 409. The fourth-order valence-corrected chi connectivity index (χ4v) is 2.81. The first-order chi connectivity index (χ1) is 8.41. The molecule has 2 aliphatic heterocycles. The number of carbonyl (C=O) groups excluding carboxylic acids is 2. The number of carbonyl (C=O) groups is 3. The third-order valence-corrected chi connectivity index (χ3v) is 4.31. The van der Waals surface area contributed by atoms with Gasteiger partial charge in [0.05, 0.1) is 17.9 Å². The fourth-order valence-electron chi connectivity index (χ4n) is 2.81. The molecule has 100 valence electrons. The molecule has 0 aliphatic carbocycles. The van der Waals surface area contributed by atoms with E-state index in [2.05, 4.69) is 0 Å². The topological polar surface area (TPSA) is 77.9 Å². The van der Waals surface area contributed by atoms with Crippen LogP contribution in [0.4, 0.5) is 0 Å². The number of rotatable bonds is 3. The van der Waals surface area contributed by atoms with Crippen molar-refractivity contribution in [3.05, 3.63) is 0 Å². The molecular formula is C12H18N2O4. The summed E-state index contributed by atoms with van der Waals surface area (Å²) in [4.78, 5) is 37.7. The Morgan fingerprint density at radius 2 is 2.17 bits per heavy atom. The summed E-state index contributed by atoms with van der Waals surface area (Å²) in [5.41, 5.74) is -0.759. The van der Waals surface area contributed by atoms with Crippen LogP contribution >= 0.6 is 0 Å². The van der Waals surface area contributed by atoms with E-state index in [9.17, 15) is 19.5 Å². The summed E-state index contributed by atoms with van der Waals surface area (Å²) in [6, 6.07) is -0.463. The van der Waals surface area contributed by atoms with E-state index in [-0.39, 0.29) is 18.2 Å². The first kappa shape index (κ1) is 13.0. The molecule has 2 saturated heterocycles. The highest BCUT2D eigenvalue weighted by atomic mass is 16.4. The summed E-state index contributed by atoms with van der Waals surface area (Å²) in [5, 5.41) is 9.31. The fraction of sp³-hybridized carbons (Fsp3) is 0.750. The molecule has 2 heterocycles. The minimum atomic E-state index is -0.808. The number of carboxylic acids is 1. The second-order valence-electron chi connectivity index (χ2n) is 5.17. The zero-order valence-electron chi connectivity index (χ0n) is 10.7. The smallest absolute Gasteiger partial charge is 0.310 e. The van der Waals surface area contributed by atoms with Gasteiger partial charge in [0.25, 0.3) is 0 Å². The lowest BCUT2D eigenvalue weighted by Crippen LogP contribution is -2.42. The summed E-state index contributed by atoms with van der Waals surface area (Å²) in [6.07, 6.45) is 1.26. The molecule has 2 atom stereocenters. The Balaban J connectivity index is 2.12. The Morgan fingerprint density at radius 3 is 2.56 bits per heavy atom. The summed E-state index contributed by atoms with van der Waals surface area (Å²) >= 11 is 0. The van der Waals surface area contributed by atoms with Crippen LogP contribution < -0.4 is 0 Å². The monoisotopic (exact) mass is 254 g/mol. The number of likely N-dealkylation sites (N-methyl/N-ethyl adjacent to an activating group) is 1. The van der Waals surface area contributed by atoms with Gasteiger partial charge < -0.3 is 5.11 Å². The van der Waals surface area contributed by atoms with Crippen LogP contribution in [0.1, 0.15) is 26.2 Å². The highest BCUT2D eigenvalue weighted by Crippen LogP contribution is 2.36. The van der Waals surface area contributed by atoms with E-state index < -0.39 is 17.4 Å². The quantitative estimate of drug-likeness (QED) is 0.713. The maximum Gasteiger partial charge on any atom is 0.310 e. The summed E-state index contributed by atoms with van der Waals surface area (Å²) in [6.45, 7) is 2.78. The molecule has 0 aromatic heterocycles. The van der Waals surface area contributed by atoms with E-state index in [0.29, 0.717) is 25.9 Å². The number of nitrogens with zero attached hydrogens (tertiary/aromatic N) is 2. The van der Waals surface area contributed by atoms with Crippen molar-refractivity contribution < 1.29 is 19.5 Å². The first-order valence-corrected chi connectivity index (χ1v) is 6.19. The van der Waals surface area contributed by atoms with Crippen molar-refractivity contribution >= 4 is 17.8 Å². The Labute approximate surface area is 106 Å². The maximum absolute atomic E-state index is 11.9. The number of hydrogen-bond donors (Lipinski definition) is 1. The molecule has 2 unspecified atom stereocenters. The van der Waals surface area contributed by atoms with Crippen LogP contribution in [0.25, 0.3) is 0 Å². The van der Waals surface area contributed by atoms with Crippen LogP contribution in [-0.4, -0.2) is 58.9 Å². The molecule has 0 spiro atoms. The molecule has 6 nitrogen and oxygen atoms in total. The van der Waals surface area contributed by atoms with Gasteiger partial charge >= 0.3 is 5.97 Å². The third-order valence-electron chi connectivity index (χ3n) is 4.31. The number of amides is 2. The van der Waals surface area contributed by atoms with Gasteiger partial charge in [-0.05, 0) is 12.8 Å². The SMILES string of the molecule is CCC1(C(=O)O)CCN(C2CC(=O)N(C)C2=O)C1. The van der Waals surface area contributed by atoms with E-state index in [4.69, 9.17) is 0 Å². The Morgan fingerprint density at radius 1 is 1.50 bits per heavy atom. The number of likely N-dealkylation sites (tertiary alicyclic amines) is 2. The van der Waals surface area contributed by atoms with Crippen molar-refractivity contribution in [2.24, 2.45) is 5.41 Å². The second kappa shape index (κ2) is 4.35. The van der Waals surface area contributed by atoms with Gasteiger partial charge in [-0.15, -0.1) is 0 Å². The van der Waals surface area contributed by atoms with Crippen LogP contribution in [-0.2, 0) is 14.4 Å². The molecule has 0 saturated carbocycles. The number of aliphatic carboxylic acids is 1. The lowest BCUT2D eigenvalue weighted by Gasteiger charge is -2.25. The predicted octanol–water partition coefficient (Wildman–Crippen LogP) is -0.0696. The Kier molecular flexibility index (Phi) is 3.14. The van der Waals surface area contributed by atoms with Gasteiger partial charge in [-0.2, -0.15) is 0 Å². The molecule has 0 radical (unpaired) electrons. The summed E-state index contributed by atoms with van der Waals surface area (Å²) in [7, 11) is 1.48. The van der Waals surface area contributed by atoms with Gasteiger partial charge in [0.2, 0.25) is 11.8 Å². The second-order valence-corrected chi connectivity index (χ2v) is 5.17. The molecule has 0 bridgehead atoms. The molecule has 2 amide bonds. The van der Waals surface area contributed by atoms with Crippen LogP contribution in [0.3, 0.4) is 0 Å². The number of hydrogen-bond acceptors (Lipinski definition) is 4. The molecule has 1 N–H and O–H groups in total. The molecule has 2 fully saturated rings. The van der Waals surface area contributed by atoms with E-state index in [0.717, 1.165) is 4.90 Å². The van der Waals surface area contributed by atoms with Crippen molar-refractivity contribution in [1.82, 2.24) is 9.80 Å². The molecule has 2 rings (SSSR count). The van der Waals surface area contributed by atoms with E-state index >= 15 is 0 Å². The van der Waals surface area contributed by atoms with Crippen molar-refractivity contribution in [2.75, 3.05) is 20.1 Å². The Hall–Kier alpha value is -1.43. The van der Waals surface area contributed by atoms with Crippen molar-refractivity contribution in [1.29, 1.82) is 0 Å². The third kappa shape index (κ3) is 1.80. The molecule has 2 aliphatic rings. The van der Waals surface area contributed by atoms with E-state index in [1.54, 1.807) is 0 Å². The van der Waals surface area contributed by atoms with Gasteiger partial charge in [-0.1, -0.05) is 6.92 Å². The minimum Gasteiger partial charge on any atom is -0.481 e. The van der Waals surface area contributed by atoms with E-state index in [1.165, 1.54) is 7.05 Å². The van der Waals surface area contributed by atoms with Crippen LogP contribution in [0.5, 0.6) is 0 Å². The lowest BCUT2D eigenvalue weighted by molar-refractivity contribution is -0.149. The van der Waals surface area contributed by atoms with Crippen LogP contribution in [0, 0.1) is 5.41 Å². The van der Waals surface area contributed by atoms with E-state index in [1.807, 2.05) is 11.8 Å². The van der Waals surface area contributed by atoms with Gasteiger partial charge in [0, 0.05) is 20.1 Å². The van der Waals surface area contributed by atoms with Gasteiger partial charge in [-0.25, -0.2) is 0 Å². The highest BCUT2D eigenvalue weighted by Gasteiger charge is 2.49. The lowest BCUT2D eigenvalue weighted by atomic mass is 9.84. The zero-order chi connectivity index (χ0) is 13.5. The molecule has 6 heteroatoms. The summed E-state index contributed by atoms with van der Waals surface area (Å²) in [5.74, 6) is -1.20. The maximum atomic E-state index is 11.9. The average molecular weight is 254 g/mol. The van der Waals surface area contributed by atoms with Crippen molar-refractivity contribution in [3.8, 4) is 0 Å². The molecule has 18 heavy (non-hydrogen) atoms. The van der Waals surface area contributed by atoms with Gasteiger partial charge in [-0.3, -0.25) is 24.2 Å². The molecule has 0 aromatic rings. The largest absolute Gasteiger partial charge is 0.481 e. The highest BCUT2D eigenvalue weighted by molar-refractivity contribution is 6.05. The summed E-state index contributed by atoms with van der Waals surface area (Å²) < 4.78 is 0. The molecular weight excluding hydrogens is 236 g/mol. The van der Waals surface area contributed by atoms with Gasteiger partial charge in [0.1, 0.15) is 0 Å². The normalized spacial score (nSPS) is 33.4. The minimum absolute atomic E-state index is 0.175. The van der Waals surface area contributed by atoms with Crippen LogP contribution in [0.2, 0.25) is 0 Å². The van der Waals surface area contributed by atoms with Gasteiger partial charge in [0.15, 0.2) is 0 Å².